The van der Waals surface area contributed by atoms with Crippen LogP contribution in [0.25, 0.3) is 55.4 Å². The third-order valence-electron chi connectivity index (χ3n) is 6.56. The highest BCUT2D eigenvalue weighted by Gasteiger charge is 2.18. The van der Waals surface area contributed by atoms with Crippen molar-refractivity contribution in [3.05, 3.63) is 95.8 Å². The Morgan fingerprint density at radius 1 is 1.00 bits per heavy atom. The van der Waals surface area contributed by atoms with Crippen LogP contribution < -0.4 is 5.32 Å². The molecule has 0 saturated heterocycles. The maximum Gasteiger partial charge on any atom is 0.228 e. The molecule has 1 amide bonds. The molecule has 0 saturated carbocycles. The number of hydrogen-bond acceptors (Lipinski definition) is 7. The van der Waals surface area contributed by atoms with Gasteiger partial charge in [-0.2, -0.15) is 5.10 Å². The number of rotatable bonds is 6. The van der Waals surface area contributed by atoms with Gasteiger partial charge in [0.1, 0.15) is 5.52 Å². The Balaban J connectivity index is 1.21. The summed E-state index contributed by atoms with van der Waals surface area (Å²) in [5.74, 6) is 0.473. The zero-order chi connectivity index (χ0) is 27.1. The summed E-state index contributed by atoms with van der Waals surface area (Å²) in [6, 6.07) is 21.5. The number of fused-ring (bicyclic) bond motifs is 2. The molecule has 9 nitrogen and oxygen atoms in total. The Bertz CT molecular complexity index is 2010. The molecule has 0 spiro atoms. The minimum absolute atomic E-state index is 0.110. The Morgan fingerprint density at radius 3 is 2.75 bits per heavy atom. The van der Waals surface area contributed by atoms with Crippen LogP contribution in [0.2, 0.25) is 0 Å². The zero-order valence-electron chi connectivity index (χ0n) is 21.3. The fourth-order valence-electron chi connectivity index (χ4n) is 4.67. The lowest BCUT2D eigenvalue weighted by Gasteiger charge is -2.07. The molecule has 0 aliphatic rings. The number of benzene rings is 1. The van der Waals surface area contributed by atoms with E-state index in [1.807, 2.05) is 54.6 Å². The first-order valence-corrected chi connectivity index (χ1v) is 13.5. The molecule has 0 aliphatic heterocycles. The summed E-state index contributed by atoms with van der Waals surface area (Å²) in [7, 11) is 0. The number of nitrogens with zero attached hydrogens (tertiary/aromatic N) is 5. The number of aromatic nitrogens is 7. The van der Waals surface area contributed by atoms with Crippen LogP contribution in [0.15, 0.2) is 85.3 Å². The molecule has 3 N–H and O–H groups in total. The topological polar surface area (TPSA) is 125 Å². The molecule has 40 heavy (non-hydrogen) atoms. The predicted octanol–water partition coefficient (Wildman–Crippen LogP) is 6.18. The molecule has 0 unspecified atom stereocenters. The van der Waals surface area contributed by atoms with Crippen LogP contribution in [0.1, 0.15) is 10.4 Å². The first-order valence-electron chi connectivity index (χ1n) is 12.7. The van der Waals surface area contributed by atoms with Gasteiger partial charge in [0, 0.05) is 33.3 Å². The smallest absolute Gasteiger partial charge is 0.228 e. The van der Waals surface area contributed by atoms with Gasteiger partial charge < -0.3 is 10.3 Å². The Kier molecular flexibility index (Phi) is 5.86. The van der Waals surface area contributed by atoms with E-state index in [4.69, 9.17) is 9.97 Å². The van der Waals surface area contributed by atoms with Gasteiger partial charge in [0.25, 0.3) is 0 Å². The van der Waals surface area contributed by atoms with E-state index in [0.717, 1.165) is 32.6 Å². The molecular weight excluding hydrogens is 520 g/mol. The van der Waals surface area contributed by atoms with Crippen LogP contribution in [0.3, 0.4) is 0 Å². The number of hydrogen-bond donors (Lipinski definition) is 3. The molecule has 10 heteroatoms. The molecule has 0 aliphatic carbocycles. The van der Waals surface area contributed by atoms with Crippen LogP contribution in [0, 0.1) is 6.92 Å². The molecule has 0 atom stereocenters. The highest BCUT2D eigenvalue weighted by atomic mass is 32.1. The van der Waals surface area contributed by atoms with Crippen molar-refractivity contribution in [2.24, 2.45) is 0 Å². The van der Waals surface area contributed by atoms with Gasteiger partial charge in [-0.3, -0.25) is 14.9 Å². The number of nitrogens with one attached hydrogen (secondary N) is 3. The lowest BCUT2D eigenvalue weighted by Crippen LogP contribution is -2.14. The first-order chi connectivity index (χ1) is 19.6. The van der Waals surface area contributed by atoms with Gasteiger partial charge in [-0.05, 0) is 48.9 Å². The van der Waals surface area contributed by atoms with Crippen molar-refractivity contribution >= 4 is 45.1 Å². The molecule has 0 fully saturated rings. The summed E-state index contributed by atoms with van der Waals surface area (Å²) in [5.41, 5.74) is 7.60. The standard InChI is InChI=1S/C30H22N8OS/c1-17-7-10-24(40-17)21-11-12-32-29-26(21)35-30(36-29)28-27-23(37-38-28)9-8-22(34-27)19-14-20(16-31-15-19)33-25(39)13-18-5-3-2-4-6-18/h2-12,14-16H,13H2,1H3,(H,33,39)(H,37,38)(H,32,35,36). The van der Waals surface area contributed by atoms with Gasteiger partial charge in [-0.1, -0.05) is 30.3 Å². The van der Waals surface area contributed by atoms with E-state index in [9.17, 15) is 4.79 Å². The van der Waals surface area contributed by atoms with Crippen molar-refractivity contribution in [1.29, 1.82) is 0 Å². The number of pyridine rings is 3. The second-order valence-corrected chi connectivity index (χ2v) is 10.7. The number of H-pyrrole nitrogens is 2. The Hall–Kier alpha value is -5.22. The minimum atomic E-state index is -0.110. The average molecular weight is 543 g/mol. The Labute approximate surface area is 232 Å². The van der Waals surface area contributed by atoms with Crippen molar-refractivity contribution in [2.45, 2.75) is 13.3 Å². The summed E-state index contributed by atoms with van der Waals surface area (Å²) >= 11 is 1.73. The molecule has 6 aromatic heterocycles. The van der Waals surface area contributed by atoms with Crippen molar-refractivity contribution in [3.63, 3.8) is 0 Å². The number of imidazole rings is 1. The second kappa shape index (κ2) is 9.83. The van der Waals surface area contributed by atoms with Crippen molar-refractivity contribution in [3.8, 4) is 33.2 Å². The van der Waals surface area contributed by atoms with E-state index >= 15 is 0 Å². The number of thiophene rings is 1. The second-order valence-electron chi connectivity index (χ2n) is 9.39. The van der Waals surface area contributed by atoms with E-state index in [2.05, 4.69) is 49.5 Å². The van der Waals surface area contributed by atoms with Gasteiger partial charge >= 0.3 is 0 Å². The quantitative estimate of drug-likeness (QED) is 0.231. The van der Waals surface area contributed by atoms with E-state index in [1.54, 1.807) is 29.9 Å². The summed E-state index contributed by atoms with van der Waals surface area (Å²) in [4.78, 5) is 36.8. The third kappa shape index (κ3) is 4.50. The molecule has 1 aromatic carbocycles. The molecule has 194 valence electrons. The molecule has 0 radical (unpaired) electrons. The fraction of sp³-hybridized carbons (Fsp3) is 0.0667. The lowest BCUT2D eigenvalue weighted by atomic mass is 10.1. The fourth-order valence-corrected chi connectivity index (χ4v) is 5.57. The summed E-state index contributed by atoms with van der Waals surface area (Å²) in [6.45, 7) is 2.09. The van der Waals surface area contributed by atoms with Gasteiger partial charge in [0.05, 0.1) is 35.0 Å². The zero-order valence-corrected chi connectivity index (χ0v) is 22.2. The van der Waals surface area contributed by atoms with Crippen LogP contribution in [-0.4, -0.2) is 41.0 Å². The van der Waals surface area contributed by atoms with Crippen LogP contribution in [-0.2, 0) is 11.2 Å². The van der Waals surface area contributed by atoms with E-state index < -0.39 is 0 Å². The summed E-state index contributed by atoms with van der Waals surface area (Å²) in [5, 5.41) is 10.5. The normalized spacial score (nSPS) is 11.3. The SMILES string of the molecule is Cc1ccc(-c2ccnc3nc(-c4n[nH]c5ccc(-c6cncc(NC(=O)Cc7ccccc7)c6)nc45)[nH]c23)s1. The summed E-state index contributed by atoms with van der Waals surface area (Å²) in [6.07, 6.45) is 5.41. The van der Waals surface area contributed by atoms with Crippen molar-refractivity contribution < 1.29 is 4.79 Å². The van der Waals surface area contributed by atoms with Crippen LogP contribution in [0.4, 0.5) is 5.69 Å². The number of carbonyl (C=O) groups is 1. The molecule has 7 aromatic rings. The lowest BCUT2D eigenvalue weighted by molar-refractivity contribution is -0.115. The maximum atomic E-state index is 12.6. The predicted molar refractivity (Wildman–Crippen MR) is 157 cm³/mol. The third-order valence-corrected chi connectivity index (χ3v) is 7.59. The number of carbonyl (C=O) groups excluding carboxylic acids is 1. The molecule has 7 rings (SSSR count). The van der Waals surface area contributed by atoms with Gasteiger partial charge in [0.2, 0.25) is 5.91 Å². The number of amides is 1. The van der Waals surface area contributed by atoms with Crippen molar-refractivity contribution in [2.75, 3.05) is 5.32 Å². The molecule has 6 heterocycles. The van der Waals surface area contributed by atoms with Crippen molar-refractivity contribution in [1.82, 2.24) is 35.1 Å². The summed E-state index contributed by atoms with van der Waals surface area (Å²) < 4.78 is 0. The molecule has 0 bridgehead atoms. The number of aromatic amines is 2. The maximum absolute atomic E-state index is 12.6. The monoisotopic (exact) mass is 542 g/mol. The molecular formula is C30H22N8OS. The number of anilines is 1. The van der Waals surface area contributed by atoms with Gasteiger partial charge in [-0.15, -0.1) is 11.3 Å². The van der Waals surface area contributed by atoms with Gasteiger partial charge in [-0.25, -0.2) is 15.0 Å². The van der Waals surface area contributed by atoms with E-state index in [0.29, 0.717) is 34.1 Å². The first kappa shape index (κ1) is 23.9. The van der Waals surface area contributed by atoms with Crippen LogP contribution >= 0.6 is 11.3 Å². The average Bonchev–Trinajstić information content (AvgIpc) is 3.71. The number of aryl methyl sites for hydroxylation is 1. The largest absolute Gasteiger partial charge is 0.335 e. The highest BCUT2D eigenvalue weighted by Crippen LogP contribution is 2.34. The van der Waals surface area contributed by atoms with E-state index in [-0.39, 0.29) is 12.3 Å². The van der Waals surface area contributed by atoms with Gasteiger partial charge in [0.15, 0.2) is 17.2 Å². The van der Waals surface area contributed by atoms with Crippen LogP contribution in [0.5, 0.6) is 0 Å². The Morgan fingerprint density at radius 2 is 1.90 bits per heavy atom. The minimum Gasteiger partial charge on any atom is -0.335 e. The highest BCUT2D eigenvalue weighted by molar-refractivity contribution is 7.15. The van der Waals surface area contributed by atoms with E-state index in [1.165, 1.54) is 4.88 Å².